The van der Waals surface area contributed by atoms with Crippen molar-refractivity contribution in [3.05, 3.63) is 41.2 Å². The molecular weight excluding hydrogens is 342 g/mol. The number of rotatable bonds is 7. The number of ether oxygens (including phenoxy) is 1. The third-order valence-corrected chi connectivity index (χ3v) is 4.63. The number of ketones is 2. The lowest BCUT2D eigenvalue weighted by Crippen LogP contribution is -2.19. The Morgan fingerprint density at radius 1 is 1.29 bits per heavy atom. The van der Waals surface area contributed by atoms with Gasteiger partial charge in [0.25, 0.3) is 0 Å². The van der Waals surface area contributed by atoms with Crippen molar-refractivity contribution in [1.29, 1.82) is 0 Å². The van der Waals surface area contributed by atoms with Gasteiger partial charge in [-0.3, -0.25) is 9.59 Å². The van der Waals surface area contributed by atoms with Gasteiger partial charge in [0.2, 0.25) is 5.78 Å². The van der Waals surface area contributed by atoms with Crippen LogP contribution in [0.5, 0.6) is 0 Å². The zero-order valence-corrected chi connectivity index (χ0v) is 14.0. The fourth-order valence-electron chi connectivity index (χ4n) is 2.17. The maximum absolute atomic E-state index is 14.0. The molecule has 1 aromatic rings. The first-order valence-electron chi connectivity index (χ1n) is 7.27. The minimum atomic E-state index is -4.23. The number of carbonyl (C=O) groups is 2. The fourth-order valence-corrected chi connectivity index (χ4v) is 3.16. The van der Waals surface area contributed by atoms with Crippen LogP contribution in [0.4, 0.5) is 8.78 Å². The molecule has 1 aromatic carbocycles. The smallest absolute Gasteiger partial charge is 0.201 e. The first-order chi connectivity index (χ1) is 11.2. The van der Waals surface area contributed by atoms with Crippen LogP contribution in [0.25, 0.3) is 0 Å². The van der Waals surface area contributed by atoms with Crippen molar-refractivity contribution in [3.63, 3.8) is 0 Å². The minimum Gasteiger partial charge on any atom is -0.501 e. The third kappa shape index (κ3) is 3.69. The Morgan fingerprint density at radius 2 is 1.92 bits per heavy atom. The summed E-state index contributed by atoms with van der Waals surface area (Å²) in [5.74, 6) is -4.85. The lowest BCUT2D eigenvalue weighted by molar-refractivity contribution is -0.116. The predicted molar refractivity (Wildman–Crippen MR) is 81.2 cm³/mol. The van der Waals surface area contributed by atoms with Crippen LogP contribution in [-0.4, -0.2) is 32.8 Å². The third-order valence-electron chi connectivity index (χ3n) is 3.49. The maximum Gasteiger partial charge on any atom is 0.201 e. The van der Waals surface area contributed by atoms with Crippen LogP contribution in [0.3, 0.4) is 0 Å². The van der Waals surface area contributed by atoms with E-state index in [4.69, 9.17) is 4.74 Å². The van der Waals surface area contributed by atoms with Crippen molar-refractivity contribution < 1.29 is 31.5 Å². The second-order valence-electron chi connectivity index (χ2n) is 5.46. The van der Waals surface area contributed by atoms with Gasteiger partial charge in [-0.1, -0.05) is 0 Å². The lowest BCUT2D eigenvalue weighted by atomic mass is 9.98. The van der Waals surface area contributed by atoms with Gasteiger partial charge in [0, 0.05) is 17.7 Å². The molecule has 0 radical (unpaired) electrons. The number of carbonyl (C=O) groups excluding carboxylic acids is 2. The molecule has 1 aliphatic carbocycles. The van der Waals surface area contributed by atoms with E-state index in [-0.39, 0.29) is 18.1 Å². The first-order valence-corrected chi connectivity index (χ1v) is 9.16. The second kappa shape index (κ2) is 6.80. The Bertz CT molecular complexity index is 823. The highest BCUT2D eigenvalue weighted by molar-refractivity contribution is 7.90. The quantitative estimate of drug-likeness (QED) is 0.246. The van der Waals surface area contributed by atoms with Gasteiger partial charge in [-0.05, 0) is 31.9 Å². The molecule has 0 amide bonds. The van der Waals surface area contributed by atoms with Gasteiger partial charge >= 0.3 is 0 Å². The average Bonchev–Trinajstić information content (AvgIpc) is 3.33. The monoisotopic (exact) mass is 358 g/mol. The van der Waals surface area contributed by atoms with Gasteiger partial charge in [-0.25, -0.2) is 17.2 Å². The van der Waals surface area contributed by atoms with Crippen molar-refractivity contribution in [1.82, 2.24) is 0 Å². The van der Waals surface area contributed by atoms with E-state index < -0.39 is 43.5 Å². The van der Waals surface area contributed by atoms with Crippen LogP contribution in [0.1, 0.15) is 30.1 Å². The zero-order chi connectivity index (χ0) is 18.1. The van der Waals surface area contributed by atoms with E-state index in [1.807, 2.05) is 0 Å². The van der Waals surface area contributed by atoms with Crippen LogP contribution < -0.4 is 0 Å². The van der Waals surface area contributed by atoms with E-state index in [9.17, 15) is 26.8 Å². The van der Waals surface area contributed by atoms with E-state index >= 15 is 0 Å². The molecule has 1 fully saturated rings. The van der Waals surface area contributed by atoms with Gasteiger partial charge in [0.15, 0.2) is 27.3 Å². The molecule has 0 unspecified atom stereocenters. The number of hydrogen-bond acceptors (Lipinski definition) is 5. The van der Waals surface area contributed by atoms with E-state index in [2.05, 4.69) is 0 Å². The molecule has 5 nitrogen and oxygen atoms in total. The van der Waals surface area contributed by atoms with Gasteiger partial charge in [-0.2, -0.15) is 0 Å². The molecule has 1 saturated carbocycles. The summed E-state index contributed by atoms with van der Waals surface area (Å²) < 4.78 is 55.9. The minimum absolute atomic E-state index is 0.186. The molecule has 130 valence electrons. The summed E-state index contributed by atoms with van der Waals surface area (Å²) in [7, 11) is -4.23. The summed E-state index contributed by atoms with van der Waals surface area (Å²) >= 11 is 0. The van der Waals surface area contributed by atoms with Crippen molar-refractivity contribution >= 4 is 21.4 Å². The van der Waals surface area contributed by atoms with E-state index in [0.29, 0.717) is 25.2 Å². The number of halogens is 2. The highest BCUT2D eigenvalue weighted by Crippen LogP contribution is 2.34. The summed E-state index contributed by atoms with van der Waals surface area (Å²) in [6, 6.07) is 1.51. The Morgan fingerprint density at radius 3 is 2.42 bits per heavy atom. The van der Waals surface area contributed by atoms with Crippen molar-refractivity contribution in [2.24, 2.45) is 5.92 Å². The zero-order valence-electron chi connectivity index (χ0n) is 13.1. The summed E-state index contributed by atoms with van der Waals surface area (Å²) in [6.45, 7) is 1.82. The molecule has 0 aliphatic heterocycles. The number of benzene rings is 1. The largest absolute Gasteiger partial charge is 0.501 e. The van der Waals surface area contributed by atoms with Crippen molar-refractivity contribution in [3.8, 4) is 0 Å². The predicted octanol–water partition coefficient (Wildman–Crippen LogP) is 2.45. The average molecular weight is 358 g/mol. The molecule has 0 N–H and O–H groups in total. The van der Waals surface area contributed by atoms with E-state index in [0.717, 1.165) is 12.3 Å². The normalized spacial score (nSPS) is 15.2. The van der Waals surface area contributed by atoms with Crippen LogP contribution in [0.2, 0.25) is 0 Å². The molecule has 8 heteroatoms. The molecule has 0 saturated heterocycles. The van der Waals surface area contributed by atoms with Gasteiger partial charge in [0.1, 0.15) is 10.5 Å². The van der Waals surface area contributed by atoms with Crippen molar-refractivity contribution in [2.45, 2.75) is 24.7 Å². The molecule has 1 aliphatic rings. The topological polar surface area (TPSA) is 77.5 Å². The highest BCUT2D eigenvalue weighted by Gasteiger charge is 2.37. The number of hydrogen-bond donors (Lipinski definition) is 0. The lowest BCUT2D eigenvalue weighted by Gasteiger charge is -2.11. The molecular formula is C16H16F2O5S. The summed E-state index contributed by atoms with van der Waals surface area (Å²) in [4.78, 5) is 23.8. The fraction of sp³-hybridized carbons (Fsp3) is 0.375. The Hall–Kier alpha value is -2.09. The maximum atomic E-state index is 14.0. The molecule has 2 rings (SSSR count). The SMILES string of the molecule is CCOC=C(C(=O)c1ccc(F)c(F)c1S(C)(=O)=O)C(=O)C1CC1. The van der Waals surface area contributed by atoms with Crippen molar-refractivity contribution in [2.75, 3.05) is 12.9 Å². The summed E-state index contributed by atoms with van der Waals surface area (Å²) in [6.07, 6.45) is 2.85. The molecule has 0 aromatic heterocycles. The molecule has 0 heterocycles. The summed E-state index contributed by atoms with van der Waals surface area (Å²) in [5.41, 5.74) is -0.952. The van der Waals surface area contributed by atoms with Gasteiger partial charge in [0.05, 0.1) is 12.9 Å². The second-order valence-corrected chi connectivity index (χ2v) is 7.42. The van der Waals surface area contributed by atoms with E-state index in [1.54, 1.807) is 6.92 Å². The Balaban J connectivity index is 2.58. The molecule has 0 bridgehead atoms. The Kier molecular flexibility index (Phi) is 5.17. The standard InChI is InChI=1S/C16H16F2O5S/c1-3-23-8-11(14(19)9-4-5-9)15(20)10-6-7-12(17)13(18)16(10)24(2,21)22/h6-9H,3-5H2,1-2H3. The number of allylic oxidation sites excluding steroid dienone is 1. The van der Waals surface area contributed by atoms with Gasteiger partial charge < -0.3 is 4.74 Å². The van der Waals surface area contributed by atoms with E-state index in [1.165, 1.54) is 0 Å². The van der Waals surface area contributed by atoms with Crippen LogP contribution in [0.15, 0.2) is 28.9 Å². The van der Waals surface area contributed by atoms with Crippen LogP contribution in [-0.2, 0) is 19.4 Å². The van der Waals surface area contributed by atoms with Gasteiger partial charge in [-0.15, -0.1) is 0 Å². The molecule has 0 atom stereocenters. The molecule has 0 spiro atoms. The highest BCUT2D eigenvalue weighted by atomic mass is 32.2. The van der Waals surface area contributed by atoms with Crippen LogP contribution in [0, 0.1) is 17.6 Å². The number of sulfone groups is 1. The first kappa shape index (κ1) is 18.3. The molecule has 24 heavy (non-hydrogen) atoms. The summed E-state index contributed by atoms with van der Waals surface area (Å²) in [5, 5.41) is 0. The number of Topliss-reactive ketones (excluding diaryl/α,β-unsaturated/α-hetero) is 2. The Labute approximate surface area is 138 Å². The van der Waals surface area contributed by atoms with Crippen LogP contribution >= 0.6 is 0 Å².